The number of benzene rings is 1. The molecule has 2 N–H and O–H groups in total. The summed E-state index contributed by atoms with van der Waals surface area (Å²) in [5.74, 6) is 0. The molecule has 1 aromatic carbocycles. The van der Waals surface area contributed by atoms with Gasteiger partial charge in [0.05, 0.1) is 11.1 Å². The number of nitro groups is 1. The van der Waals surface area contributed by atoms with Gasteiger partial charge in [-0.25, -0.2) is 10.2 Å². The summed E-state index contributed by atoms with van der Waals surface area (Å²) in [5.41, 5.74) is 2.86. The summed E-state index contributed by atoms with van der Waals surface area (Å²) < 4.78 is 0. The van der Waals surface area contributed by atoms with Crippen LogP contribution in [-0.2, 0) is 0 Å². The number of amides is 2. The molecule has 0 aliphatic rings. The highest BCUT2D eigenvalue weighted by Crippen LogP contribution is 2.11. The largest absolute Gasteiger partial charge is 0.337 e. The zero-order valence-electron chi connectivity index (χ0n) is 13.5. The van der Waals surface area contributed by atoms with E-state index in [1.165, 1.54) is 18.3 Å². The number of hydrogen-bond donors (Lipinski definition) is 2. The molecule has 0 aliphatic carbocycles. The molecule has 0 fully saturated rings. The van der Waals surface area contributed by atoms with E-state index in [2.05, 4.69) is 20.7 Å². The summed E-state index contributed by atoms with van der Waals surface area (Å²) in [7, 11) is 4.07. The minimum Gasteiger partial charge on any atom is -0.337 e. The second-order valence-electron chi connectivity index (χ2n) is 5.34. The van der Waals surface area contributed by atoms with Crippen molar-refractivity contribution in [2.75, 3.05) is 27.2 Å². The van der Waals surface area contributed by atoms with E-state index in [4.69, 9.17) is 0 Å². The molecule has 0 aliphatic heterocycles. The van der Waals surface area contributed by atoms with Crippen LogP contribution in [0.2, 0.25) is 0 Å². The molecule has 0 unspecified atom stereocenters. The summed E-state index contributed by atoms with van der Waals surface area (Å²) in [4.78, 5) is 23.8. The Labute approximate surface area is 135 Å². The smallest absolute Gasteiger partial charge is 0.335 e. The summed E-state index contributed by atoms with van der Waals surface area (Å²) in [6.07, 6.45) is 4.43. The lowest BCUT2D eigenvalue weighted by Gasteiger charge is -2.08. The lowest BCUT2D eigenvalue weighted by Crippen LogP contribution is -2.33. The number of carbonyl (C=O) groups excluding carboxylic acids is 1. The monoisotopic (exact) mass is 321 g/mol. The predicted octanol–water partition coefficient (Wildman–Crippen LogP) is 1.96. The number of unbranched alkanes of at least 4 members (excludes halogenated alkanes) is 2. The first-order valence-electron chi connectivity index (χ1n) is 7.45. The van der Waals surface area contributed by atoms with Gasteiger partial charge < -0.3 is 10.2 Å². The van der Waals surface area contributed by atoms with E-state index in [0.717, 1.165) is 25.8 Å². The highest BCUT2D eigenvalue weighted by atomic mass is 16.6. The first kappa shape index (κ1) is 18.6. The number of hydrazone groups is 1. The highest BCUT2D eigenvalue weighted by molar-refractivity contribution is 5.82. The SMILES string of the molecule is CN(C)CCCCCNC(=O)N/N=C\c1cccc([N+](=O)[O-])c1. The van der Waals surface area contributed by atoms with Gasteiger partial charge in [0.2, 0.25) is 0 Å². The molecule has 0 bridgehead atoms. The Morgan fingerprint density at radius 1 is 1.35 bits per heavy atom. The number of carbonyl (C=O) groups is 1. The molecule has 23 heavy (non-hydrogen) atoms. The van der Waals surface area contributed by atoms with E-state index < -0.39 is 4.92 Å². The molecule has 0 radical (unpaired) electrons. The minimum absolute atomic E-state index is 0.0175. The number of nitrogens with zero attached hydrogens (tertiary/aromatic N) is 3. The number of urea groups is 1. The van der Waals surface area contributed by atoms with Gasteiger partial charge in [-0.3, -0.25) is 10.1 Å². The maximum atomic E-state index is 11.5. The second kappa shape index (κ2) is 10.3. The van der Waals surface area contributed by atoms with Crippen molar-refractivity contribution >= 4 is 17.9 Å². The third-order valence-electron chi connectivity index (χ3n) is 3.03. The molecular formula is C15H23N5O3. The maximum absolute atomic E-state index is 11.5. The fourth-order valence-corrected chi connectivity index (χ4v) is 1.86. The number of hydrogen-bond acceptors (Lipinski definition) is 5. The molecule has 1 aromatic rings. The van der Waals surface area contributed by atoms with Crippen molar-refractivity contribution in [2.24, 2.45) is 5.10 Å². The third kappa shape index (κ3) is 8.52. The highest BCUT2D eigenvalue weighted by Gasteiger charge is 2.04. The van der Waals surface area contributed by atoms with Crippen molar-refractivity contribution in [2.45, 2.75) is 19.3 Å². The number of rotatable bonds is 9. The van der Waals surface area contributed by atoms with Gasteiger partial charge in [-0.2, -0.15) is 5.10 Å². The van der Waals surface area contributed by atoms with Gasteiger partial charge in [0.25, 0.3) is 5.69 Å². The van der Waals surface area contributed by atoms with Crippen LogP contribution in [0, 0.1) is 10.1 Å². The summed E-state index contributed by atoms with van der Waals surface area (Å²) in [5, 5.41) is 17.1. The Kier molecular flexibility index (Phi) is 8.30. The molecule has 126 valence electrons. The molecule has 8 nitrogen and oxygen atoms in total. The lowest BCUT2D eigenvalue weighted by molar-refractivity contribution is -0.384. The molecule has 2 amide bonds. The summed E-state index contributed by atoms with van der Waals surface area (Å²) in [6, 6.07) is 5.62. The fourth-order valence-electron chi connectivity index (χ4n) is 1.86. The molecular weight excluding hydrogens is 298 g/mol. The first-order chi connectivity index (χ1) is 11.0. The van der Waals surface area contributed by atoms with Gasteiger partial charge in [-0.15, -0.1) is 0 Å². The van der Waals surface area contributed by atoms with Crippen LogP contribution >= 0.6 is 0 Å². The first-order valence-corrected chi connectivity index (χ1v) is 7.45. The van der Waals surface area contributed by atoms with Crippen LogP contribution in [0.4, 0.5) is 10.5 Å². The Morgan fingerprint density at radius 3 is 2.83 bits per heavy atom. The maximum Gasteiger partial charge on any atom is 0.335 e. The van der Waals surface area contributed by atoms with Crippen LogP contribution in [0.1, 0.15) is 24.8 Å². The second-order valence-corrected chi connectivity index (χ2v) is 5.34. The van der Waals surface area contributed by atoms with Crippen LogP contribution < -0.4 is 10.7 Å². The van der Waals surface area contributed by atoms with Crippen LogP contribution in [-0.4, -0.2) is 49.3 Å². The Morgan fingerprint density at radius 2 is 2.13 bits per heavy atom. The van der Waals surface area contributed by atoms with Gasteiger partial charge in [-0.05, 0) is 33.5 Å². The third-order valence-corrected chi connectivity index (χ3v) is 3.03. The Balaban J connectivity index is 2.22. The van der Waals surface area contributed by atoms with Crippen LogP contribution in [0.25, 0.3) is 0 Å². The molecule has 0 saturated heterocycles. The van der Waals surface area contributed by atoms with E-state index >= 15 is 0 Å². The lowest BCUT2D eigenvalue weighted by atomic mass is 10.2. The summed E-state index contributed by atoms with van der Waals surface area (Å²) >= 11 is 0. The Bertz CT molecular complexity index is 546. The molecule has 1 rings (SSSR count). The van der Waals surface area contributed by atoms with Crippen molar-refractivity contribution in [3.05, 3.63) is 39.9 Å². The minimum atomic E-state index is -0.478. The topological polar surface area (TPSA) is 99.9 Å². The van der Waals surface area contributed by atoms with E-state index in [9.17, 15) is 14.9 Å². The predicted molar refractivity (Wildman–Crippen MR) is 89.6 cm³/mol. The molecule has 0 heterocycles. The molecule has 0 atom stereocenters. The van der Waals surface area contributed by atoms with Gasteiger partial charge in [-0.1, -0.05) is 18.6 Å². The van der Waals surface area contributed by atoms with Gasteiger partial charge in [0.1, 0.15) is 0 Å². The quantitative estimate of drug-likeness (QED) is 0.314. The number of nitrogens with one attached hydrogen (secondary N) is 2. The van der Waals surface area contributed by atoms with Crippen molar-refractivity contribution in [1.29, 1.82) is 0 Å². The molecule has 0 saturated carbocycles. The van der Waals surface area contributed by atoms with Crippen molar-refractivity contribution in [3.63, 3.8) is 0 Å². The van der Waals surface area contributed by atoms with Crippen molar-refractivity contribution in [1.82, 2.24) is 15.6 Å². The van der Waals surface area contributed by atoms with Crippen LogP contribution in [0.15, 0.2) is 29.4 Å². The van der Waals surface area contributed by atoms with Gasteiger partial charge in [0.15, 0.2) is 0 Å². The van der Waals surface area contributed by atoms with E-state index in [1.807, 2.05) is 14.1 Å². The Hall–Kier alpha value is -2.48. The number of non-ortho nitro benzene ring substituents is 1. The van der Waals surface area contributed by atoms with Crippen LogP contribution in [0.5, 0.6) is 0 Å². The molecule has 8 heteroatoms. The average Bonchev–Trinajstić information content (AvgIpc) is 2.50. The zero-order valence-corrected chi connectivity index (χ0v) is 13.5. The van der Waals surface area contributed by atoms with Crippen molar-refractivity contribution < 1.29 is 9.72 Å². The van der Waals surface area contributed by atoms with Crippen molar-refractivity contribution in [3.8, 4) is 0 Å². The average molecular weight is 321 g/mol. The standard InChI is InChI=1S/C15H23N5O3/c1-19(2)10-5-3-4-9-16-15(21)18-17-12-13-7-6-8-14(11-13)20(22)23/h6-8,11-12H,3-5,9-10H2,1-2H3,(H2,16,18,21)/b17-12-. The zero-order chi connectivity index (χ0) is 17.1. The van der Waals surface area contributed by atoms with E-state index in [-0.39, 0.29) is 11.7 Å². The number of nitro benzene ring substituents is 1. The van der Waals surface area contributed by atoms with Gasteiger partial charge >= 0.3 is 6.03 Å². The van der Waals surface area contributed by atoms with E-state index in [0.29, 0.717) is 12.1 Å². The molecule has 0 aromatic heterocycles. The van der Waals surface area contributed by atoms with E-state index in [1.54, 1.807) is 12.1 Å². The molecule has 0 spiro atoms. The fraction of sp³-hybridized carbons (Fsp3) is 0.467. The normalized spacial score (nSPS) is 10.9. The van der Waals surface area contributed by atoms with Crippen LogP contribution in [0.3, 0.4) is 0 Å². The summed E-state index contributed by atoms with van der Waals surface area (Å²) in [6.45, 7) is 1.63. The van der Waals surface area contributed by atoms with Gasteiger partial charge in [0, 0.05) is 24.2 Å².